The summed E-state index contributed by atoms with van der Waals surface area (Å²) < 4.78 is 23.8. The van der Waals surface area contributed by atoms with Crippen molar-refractivity contribution in [1.82, 2.24) is 5.32 Å². The second-order valence-electron chi connectivity index (χ2n) is 4.41. The lowest BCUT2D eigenvalue weighted by Gasteiger charge is -2.09. The summed E-state index contributed by atoms with van der Waals surface area (Å²) in [5.74, 6) is 0. The minimum atomic E-state index is -3.14. The molecule has 0 bridgehead atoms. The molecule has 0 amide bonds. The van der Waals surface area contributed by atoms with Crippen LogP contribution in [0, 0.1) is 0 Å². The highest BCUT2D eigenvalue weighted by molar-refractivity contribution is 7.92. The summed E-state index contributed by atoms with van der Waals surface area (Å²) in [6, 6.07) is 7.13. The van der Waals surface area contributed by atoms with Crippen molar-refractivity contribution in [3.63, 3.8) is 0 Å². The van der Waals surface area contributed by atoms with Gasteiger partial charge in [0.05, 0.1) is 10.1 Å². The molecule has 1 aromatic carbocycles. The third-order valence-electron chi connectivity index (χ3n) is 2.63. The van der Waals surface area contributed by atoms with Crippen LogP contribution in [0.1, 0.15) is 32.8 Å². The predicted molar refractivity (Wildman–Crippen MR) is 70.8 cm³/mol. The summed E-state index contributed by atoms with van der Waals surface area (Å²) in [7, 11) is -3.14. The second-order valence-corrected chi connectivity index (χ2v) is 6.92. The van der Waals surface area contributed by atoms with E-state index in [0.717, 1.165) is 25.1 Å². The Morgan fingerprint density at radius 1 is 1.18 bits per heavy atom. The van der Waals surface area contributed by atoms with Crippen LogP contribution in [-0.4, -0.2) is 20.2 Å². The number of nitrogens with one attached hydrogen (secondary N) is 1. The van der Waals surface area contributed by atoms with Gasteiger partial charge in [-0.1, -0.05) is 19.1 Å². The molecule has 0 aliphatic carbocycles. The Hall–Kier alpha value is -0.870. The number of sulfone groups is 1. The standard InChI is InChI=1S/C13H21NO2S/c1-4-9-14-10-12-5-7-13(8-6-12)17(15,16)11(2)3/h5-8,11,14H,4,9-10H2,1-3H3. The molecule has 1 N–H and O–H groups in total. The first-order valence-electron chi connectivity index (χ1n) is 6.02. The lowest BCUT2D eigenvalue weighted by molar-refractivity contribution is 0.587. The Bertz CT molecular complexity index is 435. The Kier molecular flexibility index (Phi) is 5.15. The molecule has 0 saturated heterocycles. The summed E-state index contributed by atoms with van der Waals surface area (Å²) in [5, 5.41) is 2.91. The molecule has 0 fully saturated rings. The van der Waals surface area contributed by atoms with Gasteiger partial charge in [-0.05, 0) is 44.5 Å². The van der Waals surface area contributed by atoms with E-state index in [0.29, 0.717) is 4.90 Å². The highest BCUT2D eigenvalue weighted by atomic mass is 32.2. The summed E-state index contributed by atoms with van der Waals surface area (Å²) in [6.45, 7) is 7.28. The molecule has 0 aromatic heterocycles. The monoisotopic (exact) mass is 255 g/mol. The van der Waals surface area contributed by atoms with Crippen LogP contribution in [-0.2, 0) is 16.4 Å². The Labute approximate surface area is 104 Å². The van der Waals surface area contributed by atoms with Crippen molar-refractivity contribution in [2.75, 3.05) is 6.54 Å². The fraction of sp³-hybridized carbons (Fsp3) is 0.538. The van der Waals surface area contributed by atoms with E-state index in [9.17, 15) is 8.42 Å². The maximum absolute atomic E-state index is 11.9. The molecule has 0 atom stereocenters. The molecule has 96 valence electrons. The average Bonchev–Trinajstić information content (AvgIpc) is 2.30. The smallest absolute Gasteiger partial charge is 0.180 e. The van der Waals surface area contributed by atoms with Gasteiger partial charge in [-0.15, -0.1) is 0 Å². The number of hydrogen-bond acceptors (Lipinski definition) is 3. The molecule has 0 aliphatic heterocycles. The molecule has 0 spiro atoms. The van der Waals surface area contributed by atoms with E-state index in [1.54, 1.807) is 26.0 Å². The summed E-state index contributed by atoms with van der Waals surface area (Å²) in [5.41, 5.74) is 1.11. The van der Waals surface area contributed by atoms with Crippen LogP contribution in [0.3, 0.4) is 0 Å². The zero-order valence-electron chi connectivity index (χ0n) is 10.7. The predicted octanol–water partition coefficient (Wildman–Crippen LogP) is 2.37. The maximum atomic E-state index is 11.9. The van der Waals surface area contributed by atoms with Gasteiger partial charge in [0.15, 0.2) is 9.84 Å². The van der Waals surface area contributed by atoms with Crippen molar-refractivity contribution in [3.8, 4) is 0 Å². The summed E-state index contributed by atoms with van der Waals surface area (Å²) in [4.78, 5) is 0.409. The summed E-state index contributed by atoms with van der Waals surface area (Å²) in [6.07, 6.45) is 1.10. The fourth-order valence-corrected chi connectivity index (χ4v) is 2.54. The van der Waals surface area contributed by atoms with E-state index in [2.05, 4.69) is 12.2 Å². The lowest BCUT2D eigenvalue weighted by Crippen LogP contribution is -2.15. The molecule has 1 aromatic rings. The van der Waals surface area contributed by atoms with Crippen molar-refractivity contribution in [2.24, 2.45) is 0 Å². The third-order valence-corrected chi connectivity index (χ3v) is 4.80. The molecule has 3 nitrogen and oxygen atoms in total. The second kappa shape index (κ2) is 6.17. The van der Waals surface area contributed by atoms with Crippen LogP contribution >= 0.6 is 0 Å². The first-order chi connectivity index (χ1) is 7.98. The Morgan fingerprint density at radius 2 is 1.76 bits per heavy atom. The number of hydrogen-bond donors (Lipinski definition) is 1. The zero-order valence-corrected chi connectivity index (χ0v) is 11.5. The SMILES string of the molecule is CCCNCc1ccc(S(=O)(=O)C(C)C)cc1. The molecule has 0 unspecified atom stereocenters. The molecule has 0 heterocycles. The molecule has 1 rings (SSSR count). The van der Waals surface area contributed by atoms with Gasteiger partial charge in [-0.2, -0.15) is 0 Å². The molecule has 0 saturated carbocycles. The van der Waals surface area contributed by atoms with E-state index >= 15 is 0 Å². The normalized spacial score (nSPS) is 12.0. The Balaban J connectivity index is 2.75. The third kappa shape index (κ3) is 3.82. The molecular formula is C13H21NO2S. The van der Waals surface area contributed by atoms with E-state index in [1.807, 2.05) is 12.1 Å². The first-order valence-corrected chi connectivity index (χ1v) is 7.56. The maximum Gasteiger partial charge on any atom is 0.180 e. The van der Waals surface area contributed by atoms with Crippen molar-refractivity contribution in [3.05, 3.63) is 29.8 Å². The topological polar surface area (TPSA) is 46.2 Å². The minimum absolute atomic E-state index is 0.369. The average molecular weight is 255 g/mol. The van der Waals surface area contributed by atoms with Crippen LogP contribution in [0.4, 0.5) is 0 Å². The van der Waals surface area contributed by atoms with Crippen LogP contribution < -0.4 is 5.32 Å². The van der Waals surface area contributed by atoms with Crippen LogP contribution in [0.5, 0.6) is 0 Å². The van der Waals surface area contributed by atoms with Gasteiger partial charge in [0.25, 0.3) is 0 Å². The zero-order chi connectivity index (χ0) is 12.9. The van der Waals surface area contributed by atoms with Crippen LogP contribution in [0.25, 0.3) is 0 Å². The van der Waals surface area contributed by atoms with Gasteiger partial charge in [-0.25, -0.2) is 8.42 Å². The van der Waals surface area contributed by atoms with Gasteiger partial charge in [0.2, 0.25) is 0 Å². The highest BCUT2D eigenvalue weighted by Crippen LogP contribution is 2.16. The van der Waals surface area contributed by atoms with Crippen molar-refractivity contribution < 1.29 is 8.42 Å². The molecular weight excluding hydrogens is 234 g/mol. The van der Waals surface area contributed by atoms with E-state index in [1.165, 1.54) is 0 Å². The first kappa shape index (κ1) is 14.2. The largest absolute Gasteiger partial charge is 0.313 e. The van der Waals surface area contributed by atoms with Crippen molar-refractivity contribution in [2.45, 2.75) is 43.9 Å². The molecule has 0 radical (unpaired) electrons. The quantitative estimate of drug-likeness (QED) is 0.794. The molecule has 4 heteroatoms. The van der Waals surface area contributed by atoms with E-state index in [4.69, 9.17) is 0 Å². The van der Waals surface area contributed by atoms with Gasteiger partial charge in [0.1, 0.15) is 0 Å². The van der Waals surface area contributed by atoms with E-state index < -0.39 is 9.84 Å². The Morgan fingerprint density at radius 3 is 2.24 bits per heavy atom. The number of benzene rings is 1. The lowest BCUT2D eigenvalue weighted by atomic mass is 10.2. The minimum Gasteiger partial charge on any atom is -0.313 e. The van der Waals surface area contributed by atoms with Gasteiger partial charge < -0.3 is 5.32 Å². The highest BCUT2D eigenvalue weighted by Gasteiger charge is 2.18. The number of rotatable bonds is 6. The van der Waals surface area contributed by atoms with Gasteiger partial charge >= 0.3 is 0 Å². The molecule has 0 aliphatic rings. The van der Waals surface area contributed by atoms with Crippen molar-refractivity contribution >= 4 is 9.84 Å². The molecule has 17 heavy (non-hydrogen) atoms. The van der Waals surface area contributed by atoms with Crippen LogP contribution in [0.15, 0.2) is 29.2 Å². The summed E-state index contributed by atoms with van der Waals surface area (Å²) >= 11 is 0. The van der Waals surface area contributed by atoms with Gasteiger partial charge in [0, 0.05) is 6.54 Å². The van der Waals surface area contributed by atoms with Crippen molar-refractivity contribution in [1.29, 1.82) is 0 Å². The fourth-order valence-electron chi connectivity index (χ4n) is 1.48. The van der Waals surface area contributed by atoms with E-state index in [-0.39, 0.29) is 5.25 Å². The van der Waals surface area contributed by atoms with Crippen LogP contribution in [0.2, 0.25) is 0 Å². The van der Waals surface area contributed by atoms with Gasteiger partial charge in [-0.3, -0.25) is 0 Å².